The number of carboxylic acids is 1. The van der Waals surface area contributed by atoms with E-state index in [2.05, 4.69) is 5.32 Å². The second kappa shape index (κ2) is 9.45. The third-order valence-electron chi connectivity index (χ3n) is 4.86. The van der Waals surface area contributed by atoms with Crippen molar-refractivity contribution in [2.75, 3.05) is 16.8 Å². The summed E-state index contributed by atoms with van der Waals surface area (Å²) < 4.78 is 0. The number of halogens is 1. The van der Waals surface area contributed by atoms with Gasteiger partial charge in [-0.05, 0) is 85.6 Å². The molecule has 0 aliphatic rings. The molecule has 0 unspecified atom stereocenters. The van der Waals surface area contributed by atoms with Gasteiger partial charge in [0.25, 0.3) is 5.91 Å². The summed E-state index contributed by atoms with van der Waals surface area (Å²) in [6, 6.07) is 17.8. The first-order valence-electron chi connectivity index (χ1n) is 9.52. The molecule has 0 aliphatic carbocycles. The number of hydrogen-bond donors (Lipinski definition) is 2. The minimum Gasteiger partial charge on any atom is -0.478 e. The molecule has 0 spiro atoms. The van der Waals surface area contributed by atoms with Gasteiger partial charge in [0.1, 0.15) is 6.54 Å². The maximum atomic E-state index is 13.2. The zero-order chi connectivity index (χ0) is 22.5. The molecule has 0 aliphatic heterocycles. The van der Waals surface area contributed by atoms with Gasteiger partial charge < -0.3 is 10.4 Å². The molecule has 2 amide bonds. The number of rotatable bonds is 6. The molecule has 2 N–H and O–H groups in total. The van der Waals surface area contributed by atoms with Crippen LogP contribution in [0.5, 0.6) is 0 Å². The Morgan fingerprint density at radius 1 is 0.871 bits per heavy atom. The summed E-state index contributed by atoms with van der Waals surface area (Å²) in [4.78, 5) is 38.3. The Hall–Kier alpha value is -3.64. The lowest BCUT2D eigenvalue weighted by atomic mass is 10.1. The summed E-state index contributed by atoms with van der Waals surface area (Å²) in [7, 11) is 0. The second-order valence-electron chi connectivity index (χ2n) is 7.10. The molecule has 3 rings (SSSR count). The van der Waals surface area contributed by atoms with Crippen LogP contribution in [0.25, 0.3) is 0 Å². The van der Waals surface area contributed by atoms with Crippen LogP contribution in [0.2, 0.25) is 5.02 Å². The number of hydrogen-bond acceptors (Lipinski definition) is 3. The molecule has 158 valence electrons. The predicted octanol–water partition coefficient (Wildman–Crippen LogP) is 4.94. The maximum Gasteiger partial charge on any atom is 0.335 e. The van der Waals surface area contributed by atoms with Gasteiger partial charge in [-0.15, -0.1) is 0 Å². The lowest BCUT2D eigenvalue weighted by Gasteiger charge is -2.23. The number of aromatic carboxylic acids is 1. The zero-order valence-electron chi connectivity index (χ0n) is 17.1. The lowest BCUT2D eigenvalue weighted by Crippen LogP contribution is -2.38. The molecule has 0 aromatic heterocycles. The molecule has 0 heterocycles. The van der Waals surface area contributed by atoms with Gasteiger partial charge in [0.15, 0.2) is 0 Å². The van der Waals surface area contributed by atoms with Crippen molar-refractivity contribution in [2.24, 2.45) is 0 Å². The number of anilines is 2. The lowest BCUT2D eigenvalue weighted by molar-refractivity contribution is -0.114. The van der Waals surface area contributed by atoms with E-state index in [9.17, 15) is 14.4 Å². The third-order valence-corrected chi connectivity index (χ3v) is 5.11. The summed E-state index contributed by atoms with van der Waals surface area (Å²) in [6.07, 6.45) is 0. The smallest absolute Gasteiger partial charge is 0.335 e. The number of amides is 2. The average Bonchev–Trinajstić information content (AvgIpc) is 2.74. The number of carboxylic acid groups (broad SMARTS) is 1. The largest absolute Gasteiger partial charge is 0.478 e. The highest BCUT2D eigenvalue weighted by Crippen LogP contribution is 2.22. The minimum absolute atomic E-state index is 0.118. The summed E-state index contributed by atoms with van der Waals surface area (Å²) >= 11 is 5.93. The molecule has 6 nitrogen and oxygen atoms in total. The second-order valence-corrected chi connectivity index (χ2v) is 7.53. The molecule has 0 bridgehead atoms. The van der Waals surface area contributed by atoms with Crippen molar-refractivity contribution in [2.45, 2.75) is 13.8 Å². The Bertz CT molecular complexity index is 1130. The molecular weight excluding hydrogens is 416 g/mol. The molecule has 0 saturated heterocycles. The van der Waals surface area contributed by atoms with Crippen molar-refractivity contribution in [3.63, 3.8) is 0 Å². The fourth-order valence-corrected chi connectivity index (χ4v) is 3.09. The van der Waals surface area contributed by atoms with E-state index in [1.807, 2.05) is 26.0 Å². The molecule has 0 fully saturated rings. The molecular formula is C24H21ClN2O4. The Kier molecular flexibility index (Phi) is 6.72. The summed E-state index contributed by atoms with van der Waals surface area (Å²) in [5.41, 5.74) is 3.63. The van der Waals surface area contributed by atoms with Crippen LogP contribution in [0, 0.1) is 13.8 Å². The van der Waals surface area contributed by atoms with Crippen molar-refractivity contribution in [3.8, 4) is 0 Å². The van der Waals surface area contributed by atoms with E-state index in [1.54, 1.807) is 30.3 Å². The molecule has 0 radical (unpaired) electrons. The van der Waals surface area contributed by atoms with Crippen LogP contribution in [0.15, 0.2) is 66.7 Å². The summed E-state index contributed by atoms with van der Waals surface area (Å²) in [5, 5.41) is 12.2. The van der Waals surface area contributed by atoms with Crippen LogP contribution >= 0.6 is 11.6 Å². The van der Waals surface area contributed by atoms with Gasteiger partial charge in [-0.3, -0.25) is 14.5 Å². The molecule has 7 heteroatoms. The Labute approximate surface area is 185 Å². The van der Waals surface area contributed by atoms with E-state index < -0.39 is 11.9 Å². The Balaban J connectivity index is 1.85. The topological polar surface area (TPSA) is 86.7 Å². The van der Waals surface area contributed by atoms with Gasteiger partial charge in [0.2, 0.25) is 5.91 Å². The van der Waals surface area contributed by atoms with Crippen LogP contribution in [-0.2, 0) is 4.79 Å². The van der Waals surface area contributed by atoms with Crippen LogP contribution < -0.4 is 10.2 Å². The predicted molar refractivity (Wildman–Crippen MR) is 121 cm³/mol. The average molecular weight is 437 g/mol. The summed E-state index contributed by atoms with van der Waals surface area (Å²) in [5.74, 6) is -1.80. The fraction of sp³-hybridized carbons (Fsp3) is 0.125. The van der Waals surface area contributed by atoms with E-state index in [0.29, 0.717) is 22.0 Å². The highest BCUT2D eigenvalue weighted by atomic mass is 35.5. The van der Waals surface area contributed by atoms with E-state index in [1.165, 1.54) is 29.2 Å². The van der Waals surface area contributed by atoms with Crippen LogP contribution in [-0.4, -0.2) is 29.4 Å². The first-order valence-corrected chi connectivity index (χ1v) is 9.90. The van der Waals surface area contributed by atoms with Crippen LogP contribution in [0.1, 0.15) is 31.8 Å². The molecule has 31 heavy (non-hydrogen) atoms. The fourth-order valence-electron chi connectivity index (χ4n) is 2.96. The molecule has 3 aromatic rings. The van der Waals surface area contributed by atoms with Gasteiger partial charge in [-0.1, -0.05) is 17.7 Å². The van der Waals surface area contributed by atoms with E-state index >= 15 is 0 Å². The van der Waals surface area contributed by atoms with Crippen molar-refractivity contribution >= 4 is 40.8 Å². The number of carbonyl (C=O) groups is 3. The molecule has 0 atom stereocenters. The van der Waals surface area contributed by atoms with Crippen LogP contribution in [0.4, 0.5) is 11.4 Å². The number of benzene rings is 3. The highest BCUT2D eigenvalue weighted by Gasteiger charge is 2.21. The number of nitrogens with one attached hydrogen (secondary N) is 1. The van der Waals surface area contributed by atoms with Gasteiger partial charge >= 0.3 is 5.97 Å². The quantitative estimate of drug-likeness (QED) is 0.573. The standard InChI is InChI=1S/C24H21ClN2O4/c1-15-3-12-21(13-16(15)2)27(23(29)17-4-8-19(25)9-5-17)14-22(28)26-20-10-6-18(7-11-20)24(30)31/h3-13H,14H2,1-2H3,(H,26,28)(H,30,31). The molecule has 0 saturated carbocycles. The van der Waals surface area contributed by atoms with E-state index in [0.717, 1.165) is 11.1 Å². The SMILES string of the molecule is Cc1ccc(N(CC(=O)Nc2ccc(C(=O)O)cc2)C(=O)c2ccc(Cl)cc2)cc1C. The van der Waals surface area contributed by atoms with Crippen LogP contribution in [0.3, 0.4) is 0 Å². The minimum atomic E-state index is -1.05. The van der Waals surface area contributed by atoms with Gasteiger partial charge in [-0.25, -0.2) is 4.79 Å². The third kappa shape index (κ3) is 5.49. The van der Waals surface area contributed by atoms with Crippen molar-refractivity contribution in [1.82, 2.24) is 0 Å². The van der Waals surface area contributed by atoms with Gasteiger partial charge in [0, 0.05) is 22.0 Å². The molecule has 3 aromatic carbocycles. The summed E-state index contributed by atoms with van der Waals surface area (Å²) in [6.45, 7) is 3.69. The van der Waals surface area contributed by atoms with Crippen molar-refractivity contribution in [1.29, 1.82) is 0 Å². The van der Waals surface area contributed by atoms with E-state index in [4.69, 9.17) is 16.7 Å². The number of aryl methyl sites for hydroxylation is 2. The maximum absolute atomic E-state index is 13.2. The Morgan fingerprint density at radius 2 is 1.48 bits per heavy atom. The first-order chi connectivity index (χ1) is 14.7. The van der Waals surface area contributed by atoms with Gasteiger partial charge in [0.05, 0.1) is 5.56 Å². The van der Waals surface area contributed by atoms with Crippen molar-refractivity contribution < 1.29 is 19.5 Å². The monoisotopic (exact) mass is 436 g/mol. The number of nitrogens with zero attached hydrogens (tertiary/aromatic N) is 1. The zero-order valence-corrected chi connectivity index (χ0v) is 17.8. The van der Waals surface area contributed by atoms with E-state index in [-0.39, 0.29) is 18.0 Å². The number of carbonyl (C=O) groups excluding carboxylic acids is 2. The highest BCUT2D eigenvalue weighted by molar-refractivity contribution is 6.30. The van der Waals surface area contributed by atoms with Crippen molar-refractivity contribution in [3.05, 3.63) is 94.0 Å². The Morgan fingerprint density at radius 3 is 2.06 bits per heavy atom. The van der Waals surface area contributed by atoms with Gasteiger partial charge in [-0.2, -0.15) is 0 Å². The first kappa shape index (κ1) is 22.1. The normalized spacial score (nSPS) is 10.4.